The van der Waals surface area contributed by atoms with Gasteiger partial charge in [-0.25, -0.2) is 15.0 Å². The lowest BCUT2D eigenvalue weighted by Gasteiger charge is -2.13. The average Bonchev–Trinajstić information content (AvgIpc) is 3.18. The van der Waals surface area contributed by atoms with Crippen molar-refractivity contribution in [2.24, 2.45) is 0 Å². The fourth-order valence-electron chi connectivity index (χ4n) is 2.11. The molecule has 0 aliphatic carbocycles. The molecule has 0 atom stereocenters. The Hall–Kier alpha value is -2.54. The number of anilines is 1. The van der Waals surface area contributed by atoms with E-state index >= 15 is 0 Å². The predicted molar refractivity (Wildman–Crippen MR) is 94.5 cm³/mol. The van der Waals surface area contributed by atoms with Gasteiger partial charge in [-0.1, -0.05) is 20.8 Å². The number of imidazole rings is 1. The van der Waals surface area contributed by atoms with Crippen LogP contribution in [-0.2, 0) is 16.6 Å². The standard InChI is InChI=1S/C17H19N5OS/c1-17(2,3)16-21-13(10-24-16)8-15(23)20-12-4-5-14(19-9-12)22-7-6-18-11-22/h4-7,9-11H,8H2,1-3H3,(H,20,23). The topological polar surface area (TPSA) is 72.7 Å². The van der Waals surface area contributed by atoms with Gasteiger partial charge in [-0.2, -0.15) is 0 Å². The minimum absolute atomic E-state index is 0.00641. The van der Waals surface area contributed by atoms with Crippen molar-refractivity contribution in [3.05, 3.63) is 53.1 Å². The van der Waals surface area contributed by atoms with E-state index in [4.69, 9.17) is 0 Å². The molecular formula is C17H19N5OS. The minimum Gasteiger partial charge on any atom is -0.324 e. The van der Waals surface area contributed by atoms with Crippen LogP contribution < -0.4 is 5.32 Å². The largest absolute Gasteiger partial charge is 0.324 e. The van der Waals surface area contributed by atoms with E-state index in [0.29, 0.717) is 5.69 Å². The van der Waals surface area contributed by atoms with Gasteiger partial charge in [0, 0.05) is 23.2 Å². The number of rotatable bonds is 4. The molecule has 0 fully saturated rings. The van der Waals surface area contributed by atoms with Gasteiger partial charge in [-0.05, 0) is 12.1 Å². The number of aromatic nitrogens is 4. The van der Waals surface area contributed by atoms with Crippen molar-refractivity contribution in [1.82, 2.24) is 19.5 Å². The molecule has 3 rings (SSSR count). The van der Waals surface area contributed by atoms with Gasteiger partial charge in [0.2, 0.25) is 5.91 Å². The van der Waals surface area contributed by atoms with E-state index in [9.17, 15) is 4.79 Å². The molecule has 124 valence electrons. The molecule has 0 aromatic carbocycles. The van der Waals surface area contributed by atoms with Crippen LogP contribution in [0, 0.1) is 0 Å². The summed E-state index contributed by atoms with van der Waals surface area (Å²) < 4.78 is 1.80. The maximum absolute atomic E-state index is 12.2. The Kier molecular flexibility index (Phi) is 4.44. The average molecular weight is 341 g/mol. The molecule has 6 nitrogen and oxygen atoms in total. The fraction of sp³-hybridized carbons (Fsp3) is 0.294. The van der Waals surface area contributed by atoms with E-state index in [0.717, 1.165) is 16.5 Å². The first-order valence-corrected chi connectivity index (χ1v) is 8.49. The summed E-state index contributed by atoms with van der Waals surface area (Å²) >= 11 is 1.59. The number of pyridine rings is 1. The van der Waals surface area contributed by atoms with Crippen LogP contribution in [0.15, 0.2) is 42.4 Å². The Morgan fingerprint density at radius 3 is 2.75 bits per heavy atom. The molecule has 0 unspecified atom stereocenters. The van der Waals surface area contributed by atoms with E-state index in [-0.39, 0.29) is 17.7 Å². The predicted octanol–water partition coefficient (Wildman–Crippen LogP) is 3.20. The lowest BCUT2D eigenvalue weighted by molar-refractivity contribution is -0.115. The summed E-state index contributed by atoms with van der Waals surface area (Å²) in [6, 6.07) is 3.65. The summed E-state index contributed by atoms with van der Waals surface area (Å²) in [6.07, 6.45) is 7.08. The summed E-state index contributed by atoms with van der Waals surface area (Å²) in [4.78, 5) is 25.0. The summed E-state index contributed by atoms with van der Waals surface area (Å²) in [6.45, 7) is 6.34. The second kappa shape index (κ2) is 6.52. The molecule has 3 aromatic heterocycles. The highest BCUT2D eigenvalue weighted by Gasteiger charge is 2.18. The number of amides is 1. The maximum Gasteiger partial charge on any atom is 0.230 e. The highest BCUT2D eigenvalue weighted by molar-refractivity contribution is 7.09. The van der Waals surface area contributed by atoms with Crippen LogP contribution in [-0.4, -0.2) is 25.4 Å². The van der Waals surface area contributed by atoms with Gasteiger partial charge in [0.1, 0.15) is 12.1 Å². The zero-order valence-corrected chi connectivity index (χ0v) is 14.7. The van der Waals surface area contributed by atoms with Crippen LogP contribution in [0.1, 0.15) is 31.5 Å². The van der Waals surface area contributed by atoms with Crippen molar-refractivity contribution < 1.29 is 4.79 Å². The Morgan fingerprint density at radius 2 is 2.17 bits per heavy atom. The van der Waals surface area contributed by atoms with Crippen molar-refractivity contribution in [1.29, 1.82) is 0 Å². The van der Waals surface area contributed by atoms with Crippen molar-refractivity contribution in [2.45, 2.75) is 32.6 Å². The van der Waals surface area contributed by atoms with Crippen molar-refractivity contribution in [2.75, 3.05) is 5.32 Å². The van der Waals surface area contributed by atoms with E-state index in [1.165, 1.54) is 0 Å². The molecule has 3 heterocycles. The lowest BCUT2D eigenvalue weighted by atomic mass is 9.98. The van der Waals surface area contributed by atoms with Crippen molar-refractivity contribution in [3.63, 3.8) is 0 Å². The van der Waals surface area contributed by atoms with Crippen LogP contribution in [0.2, 0.25) is 0 Å². The summed E-state index contributed by atoms with van der Waals surface area (Å²) in [7, 11) is 0. The molecular weight excluding hydrogens is 322 g/mol. The second-order valence-electron chi connectivity index (χ2n) is 6.49. The fourth-order valence-corrected chi connectivity index (χ4v) is 3.02. The zero-order valence-electron chi connectivity index (χ0n) is 13.9. The molecule has 3 aromatic rings. The smallest absolute Gasteiger partial charge is 0.230 e. The van der Waals surface area contributed by atoms with E-state index in [1.54, 1.807) is 34.6 Å². The normalized spacial score (nSPS) is 11.5. The molecule has 1 N–H and O–H groups in total. The Bertz CT molecular complexity index is 816. The van der Waals surface area contributed by atoms with Gasteiger partial charge in [0.05, 0.1) is 29.0 Å². The third kappa shape index (κ3) is 3.86. The molecule has 0 aliphatic rings. The highest BCUT2D eigenvalue weighted by atomic mass is 32.1. The highest BCUT2D eigenvalue weighted by Crippen LogP contribution is 2.25. The summed E-state index contributed by atoms with van der Waals surface area (Å²) in [5.41, 5.74) is 1.47. The molecule has 0 saturated heterocycles. The van der Waals surface area contributed by atoms with Crippen molar-refractivity contribution in [3.8, 4) is 5.82 Å². The molecule has 0 spiro atoms. The number of hydrogen-bond donors (Lipinski definition) is 1. The molecule has 0 bridgehead atoms. The first-order chi connectivity index (χ1) is 11.4. The zero-order chi connectivity index (χ0) is 17.2. The third-order valence-electron chi connectivity index (χ3n) is 3.34. The van der Waals surface area contributed by atoms with Crippen molar-refractivity contribution >= 4 is 22.9 Å². The molecule has 0 radical (unpaired) electrons. The lowest BCUT2D eigenvalue weighted by Crippen LogP contribution is -2.16. The molecule has 0 saturated carbocycles. The van der Waals surface area contributed by atoms with Gasteiger partial charge >= 0.3 is 0 Å². The SMILES string of the molecule is CC(C)(C)c1nc(CC(=O)Nc2ccc(-n3ccnc3)nc2)cs1. The van der Waals surface area contributed by atoms with Gasteiger partial charge in [0.25, 0.3) is 0 Å². The van der Waals surface area contributed by atoms with Crippen LogP contribution in [0.25, 0.3) is 5.82 Å². The van der Waals surface area contributed by atoms with Gasteiger partial charge in [-0.3, -0.25) is 9.36 Å². The number of thiazole rings is 1. The number of nitrogens with one attached hydrogen (secondary N) is 1. The Morgan fingerprint density at radius 1 is 1.33 bits per heavy atom. The number of carbonyl (C=O) groups excluding carboxylic acids is 1. The van der Waals surface area contributed by atoms with E-state index in [2.05, 4.69) is 41.0 Å². The number of nitrogens with zero attached hydrogens (tertiary/aromatic N) is 4. The minimum atomic E-state index is -0.0991. The van der Waals surface area contributed by atoms with Crippen LogP contribution in [0.3, 0.4) is 0 Å². The van der Waals surface area contributed by atoms with Gasteiger partial charge < -0.3 is 5.32 Å². The first-order valence-electron chi connectivity index (χ1n) is 7.61. The molecule has 24 heavy (non-hydrogen) atoms. The van der Waals surface area contributed by atoms with Crippen LogP contribution in [0.5, 0.6) is 0 Å². The number of carbonyl (C=O) groups is 1. The quantitative estimate of drug-likeness (QED) is 0.791. The first kappa shape index (κ1) is 16.3. The molecule has 0 aliphatic heterocycles. The Balaban J connectivity index is 1.61. The molecule has 1 amide bonds. The van der Waals surface area contributed by atoms with Crippen LogP contribution >= 0.6 is 11.3 Å². The summed E-state index contributed by atoms with van der Waals surface area (Å²) in [5, 5.41) is 5.83. The van der Waals surface area contributed by atoms with Crippen LogP contribution in [0.4, 0.5) is 5.69 Å². The van der Waals surface area contributed by atoms with E-state index in [1.807, 2.05) is 23.7 Å². The monoisotopic (exact) mass is 341 g/mol. The summed E-state index contributed by atoms with van der Waals surface area (Å²) in [5.74, 6) is 0.651. The van der Waals surface area contributed by atoms with Gasteiger partial charge in [-0.15, -0.1) is 11.3 Å². The Labute approximate surface area is 144 Å². The second-order valence-corrected chi connectivity index (χ2v) is 7.35. The van der Waals surface area contributed by atoms with Gasteiger partial charge in [0.15, 0.2) is 0 Å². The molecule has 7 heteroatoms. The number of hydrogen-bond acceptors (Lipinski definition) is 5. The maximum atomic E-state index is 12.2. The van der Waals surface area contributed by atoms with E-state index < -0.39 is 0 Å². The third-order valence-corrected chi connectivity index (χ3v) is 4.65.